The summed E-state index contributed by atoms with van der Waals surface area (Å²) in [5.41, 5.74) is 1.20. The van der Waals surface area contributed by atoms with E-state index in [1.54, 1.807) is 35.4 Å². The number of nitrogens with zero attached hydrogens (tertiary/aromatic N) is 4. The zero-order valence-corrected chi connectivity index (χ0v) is 17.3. The second-order valence-electron chi connectivity index (χ2n) is 7.46. The third-order valence-corrected chi connectivity index (χ3v) is 5.20. The fourth-order valence-electron chi connectivity index (χ4n) is 3.71. The Morgan fingerprint density at radius 1 is 1.28 bits per heavy atom. The van der Waals surface area contributed by atoms with Crippen molar-refractivity contribution in [1.82, 2.24) is 14.5 Å². The van der Waals surface area contributed by atoms with Crippen molar-refractivity contribution < 1.29 is 14.3 Å². The van der Waals surface area contributed by atoms with Gasteiger partial charge in [0, 0.05) is 40.2 Å². The number of rotatable bonds is 6. The van der Waals surface area contributed by atoms with E-state index in [1.807, 2.05) is 24.3 Å². The first kappa shape index (κ1) is 20.8. The number of piperidine rings is 1. The minimum atomic E-state index is -0.266. The number of likely N-dealkylation sites (tertiary alicyclic amines) is 1. The van der Waals surface area contributed by atoms with Crippen LogP contribution in [0.5, 0.6) is 0 Å². The molecule has 29 heavy (non-hydrogen) atoms. The number of carbonyl (C=O) groups is 2. The number of ether oxygens (including phenoxy) is 1. The molecule has 1 saturated heterocycles. The number of carbonyl (C=O) groups excluding carboxylic acids is 2. The van der Waals surface area contributed by atoms with Crippen molar-refractivity contribution in [2.24, 2.45) is 5.92 Å². The number of hydrogen-bond donors (Lipinski definition) is 0. The van der Waals surface area contributed by atoms with Crippen LogP contribution in [0.3, 0.4) is 0 Å². The van der Waals surface area contributed by atoms with E-state index in [4.69, 9.17) is 4.74 Å². The van der Waals surface area contributed by atoms with Gasteiger partial charge in [-0.15, -0.1) is 0 Å². The lowest BCUT2D eigenvalue weighted by Gasteiger charge is -2.31. The summed E-state index contributed by atoms with van der Waals surface area (Å²) in [5.74, 6) is -0.218. The third-order valence-electron chi connectivity index (χ3n) is 5.20. The second-order valence-corrected chi connectivity index (χ2v) is 7.46. The van der Waals surface area contributed by atoms with Gasteiger partial charge in [0.05, 0.1) is 23.6 Å². The molecule has 2 aromatic rings. The summed E-state index contributed by atoms with van der Waals surface area (Å²) in [7, 11) is 3.55. The van der Waals surface area contributed by atoms with Crippen molar-refractivity contribution in [1.29, 1.82) is 0 Å². The second kappa shape index (κ2) is 9.07. The van der Waals surface area contributed by atoms with Crippen LogP contribution in [-0.4, -0.2) is 60.1 Å². The molecule has 156 valence electrons. The lowest BCUT2D eigenvalue weighted by Crippen LogP contribution is -2.43. The molecular formula is C21H28N4O4. The molecule has 1 aromatic carbocycles. The summed E-state index contributed by atoms with van der Waals surface area (Å²) in [6.07, 6.45) is 1.71. The Hall–Kier alpha value is -2.90. The fourth-order valence-corrected chi connectivity index (χ4v) is 3.71. The van der Waals surface area contributed by atoms with E-state index >= 15 is 0 Å². The molecule has 0 radical (unpaired) electrons. The predicted octanol–water partition coefficient (Wildman–Crippen LogP) is 1.65. The van der Waals surface area contributed by atoms with Crippen LogP contribution in [0.25, 0.3) is 11.0 Å². The van der Waals surface area contributed by atoms with E-state index in [0.29, 0.717) is 36.5 Å². The number of aromatic nitrogens is 2. The molecule has 8 heteroatoms. The van der Waals surface area contributed by atoms with Crippen molar-refractivity contribution in [3.8, 4) is 0 Å². The highest BCUT2D eigenvalue weighted by Crippen LogP contribution is 2.19. The number of anilines is 1. The normalized spacial score (nSPS) is 16.7. The molecular weight excluding hydrogens is 372 g/mol. The van der Waals surface area contributed by atoms with Gasteiger partial charge in [-0.3, -0.25) is 14.4 Å². The summed E-state index contributed by atoms with van der Waals surface area (Å²) in [4.78, 5) is 45.6. The highest BCUT2D eigenvalue weighted by molar-refractivity contribution is 5.79. The Morgan fingerprint density at radius 3 is 2.76 bits per heavy atom. The van der Waals surface area contributed by atoms with Gasteiger partial charge in [-0.25, -0.2) is 4.98 Å². The number of para-hydroxylation sites is 2. The first-order valence-corrected chi connectivity index (χ1v) is 10.0. The summed E-state index contributed by atoms with van der Waals surface area (Å²) in [6.45, 7) is 3.40. The van der Waals surface area contributed by atoms with Gasteiger partial charge in [-0.1, -0.05) is 12.1 Å². The molecule has 1 amide bonds. The van der Waals surface area contributed by atoms with Crippen LogP contribution in [0.1, 0.15) is 26.2 Å². The maximum absolute atomic E-state index is 12.9. The highest BCUT2D eigenvalue weighted by atomic mass is 16.5. The zero-order valence-electron chi connectivity index (χ0n) is 17.3. The zero-order chi connectivity index (χ0) is 21.0. The summed E-state index contributed by atoms with van der Waals surface area (Å²) < 4.78 is 6.72. The fraction of sp³-hybridized carbons (Fsp3) is 0.524. The Kier molecular flexibility index (Phi) is 6.51. The maximum atomic E-state index is 12.9. The van der Waals surface area contributed by atoms with Gasteiger partial charge >= 0.3 is 5.97 Å². The van der Waals surface area contributed by atoms with Gasteiger partial charge in [0.15, 0.2) is 5.82 Å². The molecule has 1 atom stereocenters. The monoisotopic (exact) mass is 400 g/mol. The molecule has 2 heterocycles. The highest BCUT2D eigenvalue weighted by Gasteiger charge is 2.29. The molecule has 0 bridgehead atoms. The lowest BCUT2D eigenvalue weighted by atomic mass is 9.98. The van der Waals surface area contributed by atoms with Crippen molar-refractivity contribution >= 4 is 28.7 Å². The predicted molar refractivity (Wildman–Crippen MR) is 111 cm³/mol. The standard InChI is InChI=1S/C21H28N4O4/c1-4-29-21(28)15-8-7-12-24(14-15)18(26)11-13-25-17-10-6-5-9-16(17)22-19(20(25)27)23(2)3/h5-6,9-10,15H,4,7-8,11-14H2,1-3H3. The first-order chi connectivity index (χ1) is 13.9. The average molecular weight is 400 g/mol. The van der Waals surface area contributed by atoms with E-state index < -0.39 is 0 Å². The molecule has 1 aliphatic rings. The largest absolute Gasteiger partial charge is 0.466 e. The molecule has 1 aromatic heterocycles. The number of benzene rings is 1. The Balaban J connectivity index is 1.76. The number of esters is 1. The van der Waals surface area contributed by atoms with Crippen molar-refractivity contribution in [2.75, 3.05) is 38.7 Å². The Morgan fingerprint density at radius 2 is 2.03 bits per heavy atom. The maximum Gasteiger partial charge on any atom is 0.310 e. The van der Waals surface area contributed by atoms with E-state index in [2.05, 4.69) is 4.98 Å². The number of amides is 1. The minimum absolute atomic E-state index is 0.0572. The van der Waals surface area contributed by atoms with E-state index in [9.17, 15) is 14.4 Å². The van der Waals surface area contributed by atoms with Gasteiger partial charge in [0.25, 0.3) is 5.56 Å². The molecule has 0 spiro atoms. The summed E-state index contributed by atoms with van der Waals surface area (Å²) >= 11 is 0. The molecule has 8 nitrogen and oxygen atoms in total. The molecule has 0 N–H and O–H groups in total. The Labute approximate surface area is 170 Å². The number of fused-ring (bicyclic) bond motifs is 1. The van der Waals surface area contributed by atoms with Crippen LogP contribution in [0.2, 0.25) is 0 Å². The summed E-state index contributed by atoms with van der Waals surface area (Å²) in [6, 6.07) is 7.42. The van der Waals surface area contributed by atoms with Crippen molar-refractivity contribution in [3.63, 3.8) is 0 Å². The SMILES string of the molecule is CCOC(=O)C1CCCN(C(=O)CCn2c(=O)c(N(C)C)nc3ccccc32)C1. The van der Waals surface area contributed by atoms with E-state index in [-0.39, 0.29) is 36.3 Å². The van der Waals surface area contributed by atoms with Crippen LogP contribution in [0.15, 0.2) is 29.1 Å². The summed E-state index contributed by atoms with van der Waals surface area (Å²) in [5, 5.41) is 0. The lowest BCUT2D eigenvalue weighted by molar-refractivity contribution is -0.151. The molecule has 1 aliphatic heterocycles. The number of hydrogen-bond acceptors (Lipinski definition) is 6. The smallest absolute Gasteiger partial charge is 0.310 e. The average Bonchev–Trinajstić information content (AvgIpc) is 2.72. The van der Waals surface area contributed by atoms with Crippen LogP contribution in [0, 0.1) is 5.92 Å². The third kappa shape index (κ3) is 4.58. The molecule has 1 unspecified atom stereocenters. The van der Waals surface area contributed by atoms with E-state index in [0.717, 1.165) is 12.8 Å². The van der Waals surface area contributed by atoms with E-state index in [1.165, 1.54) is 0 Å². The Bertz CT molecular complexity index is 953. The molecule has 1 fully saturated rings. The van der Waals surface area contributed by atoms with Crippen LogP contribution in [-0.2, 0) is 20.9 Å². The quantitative estimate of drug-likeness (QED) is 0.686. The van der Waals surface area contributed by atoms with Gasteiger partial charge in [0.1, 0.15) is 0 Å². The van der Waals surface area contributed by atoms with Crippen LogP contribution >= 0.6 is 0 Å². The van der Waals surface area contributed by atoms with Crippen molar-refractivity contribution in [3.05, 3.63) is 34.6 Å². The van der Waals surface area contributed by atoms with Crippen molar-refractivity contribution in [2.45, 2.75) is 32.7 Å². The molecule has 3 rings (SSSR count). The van der Waals surface area contributed by atoms with Gasteiger partial charge < -0.3 is 19.1 Å². The first-order valence-electron chi connectivity index (χ1n) is 10.0. The van der Waals surface area contributed by atoms with Gasteiger partial charge in [-0.05, 0) is 31.9 Å². The van der Waals surface area contributed by atoms with Gasteiger partial charge in [0.2, 0.25) is 5.91 Å². The number of aryl methyl sites for hydroxylation is 1. The van der Waals surface area contributed by atoms with Crippen LogP contribution in [0.4, 0.5) is 5.82 Å². The molecule has 0 saturated carbocycles. The minimum Gasteiger partial charge on any atom is -0.466 e. The topological polar surface area (TPSA) is 84.7 Å². The molecule has 0 aliphatic carbocycles. The van der Waals surface area contributed by atoms with Crippen LogP contribution < -0.4 is 10.5 Å². The van der Waals surface area contributed by atoms with Gasteiger partial charge in [-0.2, -0.15) is 0 Å².